The third kappa shape index (κ3) is 3.32. The molecule has 0 fully saturated rings. The Labute approximate surface area is 121 Å². The van der Waals surface area contributed by atoms with Crippen LogP contribution in [0.15, 0.2) is 42.5 Å². The van der Waals surface area contributed by atoms with Gasteiger partial charge in [-0.15, -0.1) is 0 Å². The van der Waals surface area contributed by atoms with Gasteiger partial charge < -0.3 is 10.1 Å². The summed E-state index contributed by atoms with van der Waals surface area (Å²) in [6.07, 6.45) is 1.07. The lowest BCUT2D eigenvalue weighted by atomic mass is 10.0. The summed E-state index contributed by atoms with van der Waals surface area (Å²) in [5, 5.41) is 3.53. The first-order valence-electron chi connectivity index (χ1n) is 7.14. The zero-order valence-electron chi connectivity index (χ0n) is 12.7. The van der Waals surface area contributed by atoms with Crippen molar-refractivity contribution in [3.63, 3.8) is 0 Å². The molecule has 0 aromatic heterocycles. The van der Waals surface area contributed by atoms with E-state index in [-0.39, 0.29) is 6.04 Å². The second-order valence-electron chi connectivity index (χ2n) is 5.16. The highest BCUT2D eigenvalue weighted by atomic mass is 16.5. The van der Waals surface area contributed by atoms with E-state index in [0.29, 0.717) is 0 Å². The van der Waals surface area contributed by atoms with Crippen molar-refractivity contribution in [1.29, 1.82) is 0 Å². The Hall–Kier alpha value is -1.96. The number of nitrogens with one attached hydrogen (secondary N) is 1. The maximum Gasteiger partial charge on any atom is 0.124 e. The Morgan fingerprint density at radius 2 is 1.80 bits per heavy atom. The Morgan fingerprint density at radius 1 is 1.10 bits per heavy atom. The molecular formula is C18H23NO. The summed E-state index contributed by atoms with van der Waals surface area (Å²) in [4.78, 5) is 0. The van der Waals surface area contributed by atoms with E-state index < -0.39 is 0 Å². The fourth-order valence-corrected chi connectivity index (χ4v) is 2.36. The molecule has 0 spiro atoms. The standard InChI is InChI=1S/C18H23NO/c1-5-15-7-9-16(10-8-15)19-14(3)17-12-13(2)6-11-18(17)20-4/h6-12,14,19H,5H2,1-4H3. The zero-order valence-corrected chi connectivity index (χ0v) is 12.7. The maximum atomic E-state index is 5.46. The molecule has 2 aromatic rings. The minimum absolute atomic E-state index is 0.206. The van der Waals surface area contributed by atoms with Crippen LogP contribution in [0.2, 0.25) is 0 Å². The molecular weight excluding hydrogens is 246 g/mol. The smallest absolute Gasteiger partial charge is 0.124 e. The molecule has 2 aromatic carbocycles. The molecule has 0 heterocycles. The summed E-state index contributed by atoms with van der Waals surface area (Å²) in [6, 6.07) is 15.1. The predicted octanol–water partition coefficient (Wildman–Crippen LogP) is 4.74. The maximum absolute atomic E-state index is 5.46. The van der Waals surface area contributed by atoms with E-state index in [1.807, 2.05) is 6.07 Å². The van der Waals surface area contributed by atoms with E-state index in [0.717, 1.165) is 17.9 Å². The predicted molar refractivity (Wildman–Crippen MR) is 85.6 cm³/mol. The molecule has 0 amide bonds. The van der Waals surface area contributed by atoms with Crippen molar-refractivity contribution in [2.45, 2.75) is 33.2 Å². The Kier molecular flexibility index (Phi) is 4.67. The number of ether oxygens (including phenoxy) is 1. The molecule has 0 aliphatic carbocycles. The Bertz CT molecular complexity index is 560. The number of hydrogen-bond acceptors (Lipinski definition) is 2. The Morgan fingerprint density at radius 3 is 2.40 bits per heavy atom. The van der Waals surface area contributed by atoms with Crippen LogP contribution in [-0.2, 0) is 6.42 Å². The molecule has 0 radical (unpaired) electrons. The van der Waals surface area contributed by atoms with Gasteiger partial charge in [0.1, 0.15) is 5.75 Å². The van der Waals surface area contributed by atoms with Crippen molar-refractivity contribution >= 4 is 5.69 Å². The molecule has 20 heavy (non-hydrogen) atoms. The molecule has 0 aliphatic heterocycles. The van der Waals surface area contributed by atoms with Crippen LogP contribution in [-0.4, -0.2) is 7.11 Å². The first kappa shape index (κ1) is 14.4. The number of anilines is 1. The highest BCUT2D eigenvalue weighted by molar-refractivity contribution is 5.49. The van der Waals surface area contributed by atoms with E-state index in [1.165, 1.54) is 16.7 Å². The highest BCUT2D eigenvalue weighted by Gasteiger charge is 2.11. The molecule has 0 saturated heterocycles. The van der Waals surface area contributed by atoms with Crippen LogP contribution in [0.1, 0.15) is 36.6 Å². The molecule has 0 aliphatic rings. The van der Waals surface area contributed by atoms with E-state index >= 15 is 0 Å². The van der Waals surface area contributed by atoms with Gasteiger partial charge in [-0.05, 0) is 44.0 Å². The van der Waals surface area contributed by atoms with Crippen molar-refractivity contribution in [3.8, 4) is 5.75 Å². The molecule has 0 saturated carbocycles. The van der Waals surface area contributed by atoms with Crippen LogP contribution in [0.5, 0.6) is 5.75 Å². The third-order valence-corrected chi connectivity index (χ3v) is 3.60. The SMILES string of the molecule is CCc1ccc(NC(C)c2cc(C)ccc2OC)cc1. The largest absolute Gasteiger partial charge is 0.496 e. The van der Waals surface area contributed by atoms with E-state index in [9.17, 15) is 0 Å². The van der Waals surface area contributed by atoms with Gasteiger partial charge in [0, 0.05) is 11.3 Å². The summed E-state index contributed by atoms with van der Waals surface area (Å²) in [6.45, 7) is 6.43. The minimum Gasteiger partial charge on any atom is -0.496 e. The lowest BCUT2D eigenvalue weighted by Crippen LogP contribution is -2.08. The third-order valence-electron chi connectivity index (χ3n) is 3.60. The monoisotopic (exact) mass is 269 g/mol. The van der Waals surface area contributed by atoms with Gasteiger partial charge in [-0.1, -0.05) is 36.8 Å². The number of rotatable bonds is 5. The fraction of sp³-hybridized carbons (Fsp3) is 0.333. The molecule has 0 bridgehead atoms. The highest BCUT2D eigenvalue weighted by Crippen LogP contribution is 2.28. The van der Waals surface area contributed by atoms with Crippen LogP contribution in [0, 0.1) is 6.92 Å². The van der Waals surface area contributed by atoms with E-state index in [1.54, 1.807) is 7.11 Å². The molecule has 2 rings (SSSR count). The van der Waals surface area contributed by atoms with Crippen LogP contribution in [0.4, 0.5) is 5.69 Å². The van der Waals surface area contributed by atoms with Crippen molar-refractivity contribution < 1.29 is 4.74 Å². The summed E-state index contributed by atoms with van der Waals surface area (Å²) in [5.41, 5.74) is 4.93. The lowest BCUT2D eigenvalue weighted by Gasteiger charge is -2.19. The number of methoxy groups -OCH3 is 1. The zero-order chi connectivity index (χ0) is 14.5. The minimum atomic E-state index is 0.206. The second-order valence-corrected chi connectivity index (χ2v) is 5.16. The van der Waals surface area contributed by atoms with Gasteiger partial charge >= 0.3 is 0 Å². The average molecular weight is 269 g/mol. The van der Waals surface area contributed by atoms with Gasteiger partial charge in [-0.2, -0.15) is 0 Å². The van der Waals surface area contributed by atoms with E-state index in [4.69, 9.17) is 4.74 Å². The first-order chi connectivity index (χ1) is 9.63. The van der Waals surface area contributed by atoms with Gasteiger partial charge in [0.25, 0.3) is 0 Å². The number of benzene rings is 2. The van der Waals surface area contributed by atoms with Gasteiger partial charge in [-0.25, -0.2) is 0 Å². The van der Waals surface area contributed by atoms with Gasteiger partial charge in [-0.3, -0.25) is 0 Å². The second kappa shape index (κ2) is 6.47. The van der Waals surface area contributed by atoms with Crippen molar-refractivity contribution in [2.75, 3.05) is 12.4 Å². The summed E-state index contributed by atoms with van der Waals surface area (Å²) in [5.74, 6) is 0.931. The van der Waals surface area contributed by atoms with Crippen LogP contribution < -0.4 is 10.1 Å². The van der Waals surface area contributed by atoms with Crippen molar-refractivity contribution in [3.05, 3.63) is 59.2 Å². The van der Waals surface area contributed by atoms with Crippen molar-refractivity contribution in [2.24, 2.45) is 0 Å². The van der Waals surface area contributed by atoms with Crippen LogP contribution in [0.3, 0.4) is 0 Å². The molecule has 2 nitrogen and oxygen atoms in total. The Balaban J connectivity index is 2.18. The molecule has 1 atom stereocenters. The van der Waals surface area contributed by atoms with Crippen LogP contribution in [0.25, 0.3) is 0 Å². The van der Waals surface area contributed by atoms with Crippen LogP contribution >= 0.6 is 0 Å². The quantitative estimate of drug-likeness (QED) is 0.846. The normalized spacial score (nSPS) is 12.0. The molecule has 1 unspecified atom stereocenters. The van der Waals surface area contributed by atoms with Gasteiger partial charge in [0.2, 0.25) is 0 Å². The summed E-state index contributed by atoms with van der Waals surface area (Å²) in [7, 11) is 1.72. The first-order valence-corrected chi connectivity index (χ1v) is 7.14. The summed E-state index contributed by atoms with van der Waals surface area (Å²) >= 11 is 0. The fourth-order valence-electron chi connectivity index (χ4n) is 2.36. The van der Waals surface area contributed by atoms with Crippen molar-refractivity contribution in [1.82, 2.24) is 0 Å². The average Bonchev–Trinajstić information content (AvgIpc) is 2.48. The lowest BCUT2D eigenvalue weighted by molar-refractivity contribution is 0.408. The number of hydrogen-bond donors (Lipinski definition) is 1. The molecule has 106 valence electrons. The van der Waals surface area contributed by atoms with Gasteiger partial charge in [0.15, 0.2) is 0 Å². The molecule has 2 heteroatoms. The van der Waals surface area contributed by atoms with Gasteiger partial charge in [0.05, 0.1) is 13.2 Å². The number of aryl methyl sites for hydroxylation is 2. The summed E-state index contributed by atoms with van der Waals surface area (Å²) < 4.78 is 5.46. The molecule has 1 N–H and O–H groups in total. The van der Waals surface area contributed by atoms with E-state index in [2.05, 4.69) is 62.5 Å². The topological polar surface area (TPSA) is 21.3 Å².